The van der Waals surface area contributed by atoms with E-state index in [9.17, 15) is 0 Å². The van der Waals surface area contributed by atoms with E-state index in [0.717, 1.165) is 10.7 Å². The molecular weight excluding hydrogens is 260 g/mol. The highest BCUT2D eigenvalue weighted by Gasteiger charge is 2.12. The molecule has 1 N–H and O–H groups in total. The maximum Gasteiger partial charge on any atom is 0.187 e. The van der Waals surface area contributed by atoms with E-state index in [-0.39, 0.29) is 6.61 Å². The van der Waals surface area contributed by atoms with E-state index in [1.54, 1.807) is 4.68 Å². The molecule has 2 aromatic rings. The molecule has 2 heterocycles. The van der Waals surface area contributed by atoms with E-state index in [4.69, 9.17) is 16.7 Å². The zero-order valence-corrected chi connectivity index (χ0v) is 11.2. The maximum atomic E-state index is 9.06. The van der Waals surface area contributed by atoms with Gasteiger partial charge in [0.15, 0.2) is 5.13 Å². The quantitative estimate of drug-likeness (QED) is 0.920. The number of hydrogen-bond acceptors (Lipinski definition) is 5. The smallest absolute Gasteiger partial charge is 0.187 e. The van der Waals surface area contributed by atoms with E-state index in [1.165, 1.54) is 11.3 Å². The van der Waals surface area contributed by atoms with Crippen LogP contribution in [0.2, 0.25) is 5.15 Å². The van der Waals surface area contributed by atoms with Gasteiger partial charge in [0.05, 0.1) is 17.7 Å². The number of hydrogen-bond donors (Lipinski definition) is 1. The lowest BCUT2D eigenvalue weighted by Gasteiger charge is -2.13. The van der Waals surface area contributed by atoms with Crippen LogP contribution in [-0.2, 0) is 20.2 Å². The zero-order chi connectivity index (χ0) is 12.4. The monoisotopic (exact) mass is 272 g/mol. The number of aliphatic hydroxyl groups is 1. The average molecular weight is 273 g/mol. The first-order valence-corrected chi connectivity index (χ1v) is 6.24. The first kappa shape index (κ1) is 12.3. The molecule has 0 aliphatic heterocycles. The topological polar surface area (TPSA) is 54.2 Å². The fraction of sp³-hybridized carbons (Fsp3) is 0.400. The molecule has 2 rings (SSSR count). The molecule has 0 bridgehead atoms. The van der Waals surface area contributed by atoms with Crippen molar-refractivity contribution >= 4 is 28.1 Å². The van der Waals surface area contributed by atoms with Crippen LogP contribution in [-0.4, -0.2) is 26.9 Å². The number of thiazole rings is 1. The Hall–Kier alpha value is -1.11. The molecule has 0 aliphatic carbocycles. The summed E-state index contributed by atoms with van der Waals surface area (Å²) >= 11 is 7.29. The van der Waals surface area contributed by atoms with Crippen LogP contribution in [0.4, 0.5) is 5.13 Å². The average Bonchev–Trinajstić information content (AvgIpc) is 2.85. The molecule has 7 heteroatoms. The zero-order valence-electron chi connectivity index (χ0n) is 9.59. The first-order chi connectivity index (χ1) is 8.10. The number of aryl methyl sites for hydroxylation is 1. The van der Waals surface area contributed by atoms with Gasteiger partial charge >= 0.3 is 0 Å². The molecule has 0 spiro atoms. The molecule has 0 aliphatic rings. The molecule has 0 saturated heterocycles. The van der Waals surface area contributed by atoms with E-state index in [2.05, 4.69) is 10.1 Å². The normalized spacial score (nSPS) is 10.8. The fourth-order valence-electron chi connectivity index (χ4n) is 1.48. The van der Waals surface area contributed by atoms with Crippen molar-refractivity contribution in [1.29, 1.82) is 0 Å². The van der Waals surface area contributed by atoms with E-state index in [1.807, 2.05) is 31.4 Å². The van der Waals surface area contributed by atoms with Crippen molar-refractivity contribution in [2.45, 2.75) is 13.2 Å². The second kappa shape index (κ2) is 5.03. The summed E-state index contributed by atoms with van der Waals surface area (Å²) in [5, 5.41) is 14.3. The van der Waals surface area contributed by atoms with Crippen molar-refractivity contribution in [3.8, 4) is 0 Å². The predicted molar refractivity (Wildman–Crippen MR) is 68.4 cm³/mol. The number of aromatic nitrogens is 3. The van der Waals surface area contributed by atoms with Gasteiger partial charge in [-0.25, -0.2) is 4.98 Å². The Balaban J connectivity index is 2.11. The summed E-state index contributed by atoms with van der Waals surface area (Å²) in [4.78, 5) is 6.88. The van der Waals surface area contributed by atoms with Crippen LogP contribution in [0.3, 0.4) is 0 Å². The predicted octanol–water partition coefficient (Wildman–Crippen LogP) is 1.66. The molecule has 0 amide bonds. The van der Waals surface area contributed by atoms with Crippen LogP contribution in [0.1, 0.15) is 10.4 Å². The third-order valence-corrected chi connectivity index (χ3v) is 3.87. The van der Waals surface area contributed by atoms with Crippen LogP contribution >= 0.6 is 22.9 Å². The summed E-state index contributed by atoms with van der Waals surface area (Å²) < 4.78 is 1.76. The molecule has 17 heavy (non-hydrogen) atoms. The number of aliphatic hydroxyl groups excluding tert-OH is 1. The highest BCUT2D eigenvalue weighted by atomic mass is 35.5. The first-order valence-electron chi connectivity index (χ1n) is 5.05. The van der Waals surface area contributed by atoms with Gasteiger partial charge in [0.2, 0.25) is 0 Å². The number of nitrogens with zero attached hydrogens (tertiary/aromatic N) is 4. The Labute approximate surface area is 108 Å². The molecule has 0 atom stereocenters. The van der Waals surface area contributed by atoms with E-state index >= 15 is 0 Å². The summed E-state index contributed by atoms with van der Waals surface area (Å²) in [5.74, 6) is 0. The SMILES string of the molecule is CN(Cc1cnn(C)c1)c1nc(Cl)c(CO)s1. The molecule has 5 nitrogen and oxygen atoms in total. The molecule has 0 fully saturated rings. The van der Waals surface area contributed by atoms with Crippen LogP contribution in [0, 0.1) is 0 Å². The largest absolute Gasteiger partial charge is 0.391 e. The summed E-state index contributed by atoms with van der Waals surface area (Å²) in [6, 6.07) is 0. The standard InChI is InChI=1S/C10H13ClN4OS/c1-14(4-7-3-12-15(2)5-7)10-13-9(11)8(6-16)17-10/h3,5,16H,4,6H2,1-2H3. The second-order valence-electron chi connectivity index (χ2n) is 3.75. The molecular formula is C10H13ClN4OS. The summed E-state index contributed by atoms with van der Waals surface area (Å²) in [5.41, 5.74) is 1.10. The van der Waals surface area contributed by atoms with Crippen LogP contribution in [0.5, 0.6) is 0 Å². The van der Waals surface area contributed by atoms with Crippen molar-refractivity contribution < 1.29 is 5.11 Å². The Morgan fingerprint density at radius 3 is 2.88 bits per heavy atom. The lowest BCUT2D eigenvalue weighted by atomic mass is 10.3. The Kier molecular flexibility index (Phi) is 3.66. The molecule has 0 saturated carbocycles. The number of halogens is 1. The minimum Gasteiger partial charge on any atom is -0.391 e. The maximum absolute atomic E-state index is 9.06. The highest BCUT2D eigenvalue weighted by molar-refractivity contribution is 7.16. The molecule has 0 aromatic carbocycles. The Morgan fingerprint density at radius 1 is 1.59 bits per heavy atom. The van der Waals surface area contributed by atoms with Gasteiger partial charge in [0, 0.05) is 32.4 Å². The second-order valence-corrected chi connectivity index (χ2v) is 5.17. The summed E-state index contributed by atoms with van der Waals surface area (Å²) in [7, 11) is 3.82. The van der Waals surface area contributed by atoms with Crippen LogP contribution < -0.4 is 4.90 Å². The van der Waals surface area contributed by atoms with Crippen molar-refractivity contribution in [2.75, 3.05) is 11.9 Å². The Bertz CT molecular complexity index is 510. The van der Waals surface area contributed by atoms with Crippen LogP contribution in [0.15, 0.2) is 12.4 Å². The summed E-state index contributed by atoms with van der Waals surface area (Å²) in [6.45, 7) is 0.639. The van der Waals surface area contributed by atoms with E-state index in [0.29, 0.717) is 16.6 Å². The van der Waals surface area contributed by atoms with Crippen molar-refractivity contribution in [3.05, 3.63) is 28.0 Å². The van der Waals surface area contributed by atoms with Crippen molar-refractivity contribution in [1.82, 2.24) is 14.8 Å². The Morgan fingerprint density at radius 2 is 2.35 bits per heavy atom. The minimum absolute atomic E-state index is 0.0722. The number of anilines is 1. The van der Waals surface area contributed by atoms with Gasteiger partial charge in [-0.2, -0.15) is 5.10 Å². The molecule has 0 radical (unpaired) electrons. The van der Waals surface area contributed by atoms with Crippen LogP contribution in [0.25, 0.3) is 0 Å². The van der Waals surface area contributed by atoms with Gasteiger partial charge in [0.25, 0.3) is 0 Å². The van der Waals surface area contributed by atoms with Crippen molar-refractivity contribution in [2.24, 2.45) is 7.05 Å². The highest BCUT2D eigenvalue weighted by Crippen LogP contribution is 2.29. The molecule has 92 valence electrons. The third kappa shape index (κ3) is 2.77. The lowest BCUT2D eigenvalue weighted by molar-refractivity contribution is 0.285. The van der Waals surface area contributed by atoms with Gasteiger partial charge in [-0.05, 0) is 0 Å². The fourth-order valence-corrected chi connectivity index (χ4v) is 2.56. The minimum atomic E-state index is -0.0722. The lowest BCUT2D eigenvalue weighted by Crippen LogP contribution is -2.15. The van der Waals surface area contributed by atoms with Gasteiger partial charge in [0.1, 0.15) is 5.15 Å². The third-order valence-electron chi connectivity index (χ3n) is 2.29. The molecule has 2 aromatic heterocycles. The van der Waals surface area contributed by atoms with Crippen molar-refractivity contribution in [3.63, 3.8) is 0 Å². The van der Waals surface area contributed by atoms with Gasteiger partial charge in [-0.15, -0.1) is 0 Å². The number of rotatable bonds is 4. The van der Waals surface area contributed by atoms with Gasteiger partial charge in [-0.1, -0.05) is 22.9 Å². The van der Waals surface area contributed by atoms with Gasteiger partial charge in [-0.3, -0.25) is 4.68 Å². The summed E-state index contributed by atoms with van der Waals surface area (Å²) in [6.07, 6.45) is 3.78. The molecule has 0 unspecified atom stereocenters. The van der Waals surface area contributed by atoms with Gasteiger partial charge < -0.3 is 10.0 Å². The van der Waals surface area contributed by atoms with E-state index < -0.39 is 0 Å².